The van der Waals surface area contributed by atoms with E-state index in [1.807, 2.05) is 62.5 Å². The molecule has 5 heteroatoms. The van der Waals surface area contributed by atoms with Crippen LogP contribution >= 0.6 is 27.3 Å². The molecule has 134 valence electrons. The van der Waals surface area contributed by atoms with E-state index in [-0.39, 0.29) is 11.9 Å². The van der Waals surface area contributed by atoms with E-state index in [0.717, 1.165) is 27.1 Å². The van der Waals surface area contributed by atoms with Gasteiger partial charge in [-0.15, -0.1) is 11.3 Å². The summed E-state index contributed by atoms with van der Waals surface area (Å²) in [5.41, 5.74) is 2.95. The molecule has 0 bridgehead atoms. The fourth-order valence-electron chi connectivity index (χ4n) is 2.72. The minimum Gasteiger partial charge on any atom is -0.324 e. The maximum Gasteiger partial charge on any atom is 0.241 e. The number of amides is 1. The van der Waals surface area contributed by atoms with E-state index in [4.69, 9.17) is 0 Å². The molecule has 3 aromatic rings. The van der Waals surface area contributed by atoms with Crippen molar-refractivity contribution in [1.29, 1.82) is 0 Å². The van der Waals surface area contributed by atoms with Crippen LogP contribution < -0.4 is 5.32 Å². The van der Waals surface area contributed by atoms with Crippen molar-refractivity contribution in [2.75, 3.05) is 12.4 Å². The van der Waals surface area contributed by atoms with Gasteiger partial charge in [-0.05, 0) is 53.7 Å². The first-order valence-corrected chi connectivity index (χ1v) is 10.1. The molecule has 0 aliphatic carbocycles. The third-order valence-corrected chi connectivity index (χ3v) is 5.95. The summed E-state index contributed by atoms with van der Waals surface area (Å²) in [6.45, 7) is 2.67. The van der Waals surface area contributed by atoms with Crippen molar-refractivity contribution in [3.8, 4) is 11.1 Å². The van der Waals surface area contributed by atoms with Gasteiger partial charge in [-0.2, -0.15) is 0 Å². The highest BCUT2D eigenvalue weighted by atomic mass is 79.9. The van der Waals surface area contributed by atoms with Crippen LogP contribution in [0.25, 0.3) is 11.1 Å². The zero-order valence-corrected chi connectivity index (χ0v) is 17.2. The van der Waals surface area contributed by atoms with Gasteiger partial charge in [0.1, 0.15) is 0 Å². The predicted octanol–water partition coefficient (Wildman–Crippen LogP) is 5.64. The van der Waals surface area contributed by atoms with Gasteiger partial charge < -0.3 is 5.32 Å². The summed E-state index contributed by atoms with van der Waals surface area (Å²) in [7, 11) is 1.97. The maximum absolute atomic E-state index is 12.8. The van der Waals surface area contributed by atoms with Crippen molar-refractivity contribution in [2.24, 2.45) is 0 Å². The Morgan fingerprint density at radius 1 is 1.08 bits per heavy atom. The predicted molar refractivity (Wildman–Crippen MR) is 113 cm³/mol. The van der Waals surface area contributed by atoms with Crippen molar-refractivity contribution in [2.45, 2.75) is 19.5 Å². The van der Waals surface area contributed by atoms with Crippen LogP contribution in [-0.4, -0.2) is 23.9 Å². The van der Waals surface area contributed by atoms with E-state index in [2.05, 4.69) is 44.3 Å². The number of para-hydroxylation sites is 1. The Kier molecular flexibility index (Phi) is 6.25. The molecule has 0 aliphatic heterocycles. The number of thiophene rings is 1. The van der Waals surface area contributed by atoms with Gasteiger partial charge in [0.15, 0.2) is 0 Å². The molecule has 3 rings (SSSR count). The van der Waals surface area contributed by atoms with Crippen LogP contribution in [0.3, 0.4) is 0 Å². The number of carbonyl (C=O) groups is 1. The quantitative estimate of drug-likeness (QED) is 0.550. The second kappa shape index (κ2) is 8.62. The first-order chi connectivity index (χ1) is 12.5. The Bertz CT molecular complexity index is 878. The van der Waals surface area contributed by atoms with Gasteiger partial charge in [0.2, 0.25) is 5.91 Å². The highest BCUT2D eigenvalue weighted by Gasteiger charge is 2.20. The van der Waals surface area contributed by atoms with E-state index in [0.29, 0.717) is 0 Å². The highest BCUT2D eigenvalue weighted by Crippen LogP contribution is 2.28. The first kappa shape index (κ1) is 18.8. The van der Waals surface area contributed by atoms with Gasteiger partial charge in [-0.1, -0.05) is 48.5 Å². The third kappa shape index (κ3) is 4.61. The van der Waals surface area contributed by atoms with Gasteiger partial charge in [-0.3, -0.25) is 9.69 Å². The maximum atomic E-state index is 12.8. The van der Waals surface area contributed by atoms with Gasteiger partial charge in [-0.25, -0.2) is 0 Å². The summed E-state index contributed by atoms with van der Waals surface area (Å²) in [5.74, 6) is -0.00787. The second-order valence-corrected chi connectivity index (χ2v) is 8.75. The molecule has 0 saturated heterocycles. The number of hydrogen-bond donors (Lipinski definition) is 1. The fraction of sp³-hybridized carbons (Fsp3) is 0.190. The molecular weight excluding hydrogens is 408 g/mol. The lowest BCUT2D eigenvalue weighted by atomic mass is 10.0. The summed E-state index contributed by atoms with van der Waals surface area (Å²) in [6, 6.07) is 21.9. The minimum absolute atomic E-state index is 0.00787. The zero-order valence-electron chi connectivity index (χ0n) is 14.8. The molecule has 1 amide bonds. The van der Waals surface area contributed by atoms with Crippen LogP contribution in [0.2, 0.25) is 0 Å². The second-order valence-electron chi connectivity index (χ2n) is 6.20. The number of benzene rings is 2. The summed E-state index contributed by atoms with van der Waals surface area (Å²) in [6.07, 6.45) is 0. The molecule has 1 N–H and O–H groups in total. The molecule has 1 atom stereocenters. The number of halogens is 1. The van der Waals surface area contributed by atoms with Gasteiger partial charge in [0.05, 0.1) is 9.83 Å². The normalized spacial score (nSPS) is 12.2. The summed E-state index contributed by atoms with van der Waals surface area (Å²) < 4.78 is 1.11. The lowest BCUT2D eigenvalue weighted by Crippen LogP contribution is -2.39. The smallest absolute Gasteiger partial charge is 0.241 e. The van der Waals surface area contributed by atoms with Crippen LogP contribution in [0.1, 0.15) is 11.8 Å². The fourth-order valence-corrected chi connectivity index (χ4v) is 4.27. The van der Waals surface area contributed by atoms with Crippen LogP contribution in [-0.2, 0) is 11.3 Å². The van der Waals surface area contributed by atoms with E-state index in [1.54, 1.807) is 11.3 Å². The van der Waals surface area contributed by atoms with Crippen LogP contribution in [0.4, 0.5) is 5.69 Å². The Hall–Kier alpha value is -1.95. The molecule has 1 aromatic heterocycles. The monoisotopic (exact) mass is 428 g/mol. The number of hydrogen-bond acceptors (Lipinski definition) is 3. The Labute approximate surface area is 166 Å². The molecule has 0 saturated carbocycles. The number of rotatable bonds is 6. The number of anilines is 1. The third-order valence-electron chi connectivity index (χ3n) is 4.34. The van der Waals surface area contributed by atoms with Crippen molar-refractivity contribution in [1.82, 2.24) is 4.90 Å². The van der Waals surface area contributed by atoms with E-state index >= 15 is 0 Å². The number of likely N-dealkylation sites (N-methyl/N-ethyl adjacent to an activating group) is 1. The summed E-state index contributed by atoms with van der Waals surface area (Å²) >= 11 is 5.18. The highest BCUT2D eigenvalue weighted by molar-refractivity contribution is 9.11. The number of carbonyl (C=O) groups excluding carboxylic acids is 1. The Balaban J connectivity index is 1.71. The summed E-state index contributed by atoms with van der Waals surface area (Å²) in [5, 5.41) is 3.09. The molecule has 3 nitrogen and oxygen atoms in total. The number of nitrogens with zero attached hydrogens (tertiary/aromatic N) is 1. The topological polar surface area (TPSA) is 32.3 Å². The van der Waals surface area contributed by atoms with Crippen LogP contribution in [0.5, 0.6) is 0 Å². The molecule has 1 unspecified atom stereocenters. The van der Waals surface area contributed by atoms with Gasteiger partial charge in [0.25, 0.3) is 0 Å². The van der Waals surface area contributed by atoms with Gasteiger partial charge >= 0.3 is 0 Å². The minimum atomic E-state index is -0.236. The summed E-state index contributed by atoms with van der Waals surface area (Å²) in [4.78, 5) is 16.1. The lowest BCUT2D eigenvalue weighted by Gasteiger charge is -2.24. The van der Waals surface area contributed by atoms with E-state index < -0.39 is 0 Å². The van der Waals surface area contributed by atoms with Crippen LogP contribution in [0, 0.1) is 0 Å². The molecule has 0 aliphatic rings. The van der Waals surface area contributed by atoms with Gasteiger partial charge in [0, 0.05) is 22.7 Å². The average Bonchev–Trinajstić information content (AvgIpc) is 3.07. The molecular formula is C21H21BrN2OS. The number of nitrogens with one attached hydrogen (secondary N) is 1. The Morgan fingerprint density at radius 3 is 2.46 bits per heavy atom. The lowest BCUT2D eigenvalue weighted by molar-refractivity contribution is -0.120. The first-order valence-electron chi connectivity index (χ1n) is 8.44. The SMILES string of the molecule is CC(C(=O)Nc1ccccc1-c1ccccc1)N(C)Cc1ccc(Br)s1. The molecule has 0 spiro atoms. The average molecular weight is 429 g/mol. The van der Waals surface area contributed by atoms with E-state index in [9.17, 15) is 4.79 Å². The van der Waals surface area contributed by atoms with E-state index in [1.165, 1.54) is 4.88 Å². The van der Waals surface area contributed by atoms with Crippen molar-refractivity contribution in [3.63, 3.8) is 0 Å². The largest absolute Gasteiger partial charge is 0.324 e. The standard InChI is InChI=1S/C21H21BrN2OS/c1-15(24(2)14-17-12-13-20(22)26-17)21(25)23-19-11-7-6-10-18(19)16-8-4-3-5-9-16/h3-13,15H,14H2,1-2H3,(H,23,25). The zero-order chi connectivity index (χ0) is 18.5. The molecule has 26 heavy (non-hydrogen) atoms. The molecule has 1 heterocycles. The van der Waals surface area contributed by atoms with Crippen LogP contribution in [0.15, 0.2) is 70.5 Å². The molecule has 0 fully saturated rings. The van der Waals surface area contributed by atoms with Crippen molar-refractivity contribution in [3.05, 3.63) is 75.4 Å². The molecule has 2 aromatic carbocycles. The molecule has 0 radical (unpaired) electrons. The van der Waals surface area contributed by atoms with Crippen molar-refractivity contribution >= 4 is 38.9 Å². The van der Waals surface area contributed by atoms with Crippen molar-refractivity contribution < 1.29 is 4.79 Å². The Morgan fingerprint density at radius 2 is 1.77 bits per heavy atom.